The maximum Gasteiger partial charge on any atom is 0.299 e. The van der Waals surface area contributed by atoms with Gasteiger partial charge in [0.05, 0.1) is 28.1 Å². The number of amides is 3. The molecule has 0 aliphatic heterocycles. The first-order valence-electron chi connectivity index (χ1n) is 18.3. The average Bonchev–Trinajstić information content (AvgIpc) is 3.72. The molecule has 12 nitrogen and oxygen atoms in total. The lowest BCUT2D eigenvalue weighted by Crippen LogP contribution is -2.33. The summed E-state index contributed by atoms with van der Waals surface area (Å²) >= 11 is 19.0. The molecule has 0 radical (unpaired) electrons. The number of halogens is 3. The number of H-pyrrole nitrogens is 1. The summed E-state index contributed by atoms with van der Waals surface area (Å²) < 4.78 is 8.69. The summed E-state index contributed by atoms with van der Waals surface area (Å²) in [7, 11) is 0. The van der Waals surface area contributed by atoms with Crippen molar-refractivity contribution in [1.29, 1.82) is 0 Å². The Hall–Kier alpha value is -5.04. The standard InChI is InChI=1S/C41H46Cl3N7O5/c1-9-32(56-33-16-15-25(40(5,6)10-2)18-29(33)41(7,8)11-3)38(54)47-27-14-12-13-24(17-27)37(53)48-36-35(50-22-28(21-45-50)46-23(4)52)39(55)51(49-36)34-30(43)19-26(42)20-31(34)44/h12-22,32,49H,9-11H2,1-8H3,(H,46,52)(H,47,54)(H,48,53). The molecule has 1 unspecified atom stereocenters. The highest BCUT2D eigenvalue weighted by Crippen LogP contribution is 2.39. The quantitative estimate of drug-likeness (QED) is 0.0876. The van der Waals surface area contributed by atoms with Gasteiger partial charge in [0, 0.05) is 28.8 Å². The molecule has 4 N–H and O–H groups in total. The fraction of sp³-hybridized carbons (Fsp3) is 0.341. The molecule has 296 valence electrons. The third-order valence-electron chi connectivity index (χ3n) is 10.0. The van der Waals surface area contributed by atoms with Crippen LogP contribution in [0.15, 0.2) is 71.8 Å². The minimum atomic E-state index is -0.820. The number of aromatic amines is 1. The van der Waals surface area contributed by atoms with Crippen molar-refractivity contribution in [2.75, 3.05) is 16.0 Å². The largest absolute Gasteiger partial charge is 0.480 e. The van der Waals surface area contributed by atoms with Gasteiger partial charge in [-0.15, -0.1) is 0 Å². The summed E-state index contributed by atoms with van der Waals surface area (Å²) in [6.45, 7) is 16.3. The Balaban J connectivity index is 1.43. The van der Waals surface area contributed by atoms with Crippen LogP contribution in [0.2, 0.25) is 15.1 Å². The van der Waals surface area contributed by atoms with Gasteiger partial charge in [-0.1, -0.05) is 101 Å². The summed E-state index contributed by atoms with van der Waals surface area (Å²) in [5, 5.41) is 15.7. The smallest absolute Gasteiger partial charge is 0.299 e. The lowest BCUT2D eigenvalue weighted by Gasteiger charge is -2.31. The second-order valence-electron chi connectivity index (χ2n) is 14.8. The normalized spacial score (nSPS) is 12.3. The molecule has 3 amide bonds. The highest BCUT2D eigenvalue weighted by molar-refractivity contribution is 6.40. The molecule has 56 heavy (non-hydrogen) atoms. The first-order valence-corrected chi connectivity index (χ1v) is 19.4. The van der Waals surface area contributed by atoms with Gasteiger partial charge in [-0.25, -0.2) is 9.36 Å². The molecule has 5 rings (SSSR count). The number of hydrogen-bond acceptors (Lipinski definition) is 6. The van der Waals surface area contributed by atoms with Crippen molar-refractivity contribution in [3.63, 3.8) is 0 Å². The van der Waals surface area contributed by atoms with E-state index in [1.165, 1.54) is 47.8 Å². The van der Waals surface area contributed by atoms with E-state index in [9.17, 15) is 19.2 Å². The van der Waals surface area contributed by atoms with Gasteiger partial charge in [0.25, 0.3) is 17.4 Å². The number of benzene rings is 3. The number of ether oxygens (including phenoxy) is 1. The van der Waals surface area contributed by atoms with Gasteiger partial charge in [0.15, 0.2) is 17.6 Å². The number of carbonyl (C=O) groups is 3. The second-order valence-corrected chi connectivity index (χ2v) is 16.0. The molecule has 15 heteroatoms. The van der Waals surface area contributed by atoms with E-state index in [1.807, 2.05) is 13.0 Å². The third-order valence-corrected chi connectivity index (χ3v) is 10.8. The molecule has 0 bridgehead atoms. The second kappa shape index (κ2) is 17.0. The van der Waals surface area contributed by atoms with Crippen molar-refractivity contribution in [2.45, 2.75) is 91.6 Å². The van der Waals surface area contributed by atoms with Crippen LogP contribution in [0.3, 0.4) is 0 Å². The number of nitrogens with one attached hydrogen (secondary N) is 4. The fourth-order valence-electron chi connectivity index (χ4n) is 5.95. The number of hydrogen-bond donors (Lipinski definition) is 4. The van der Waals surface area contributed by atoms with Crippen molar-refractivity contribution in [3.8, 4) is 17.1 Å². The van der Waals surface area contributed by atoms with Crippen LogP contribution in [0.5, 0.6) is 5.75 Å². The van der Waals surface area contributed by atoms with Crippen LogP contribution < -0.4 is 26.2 Å². The van der Waals surface area contributed by atoms with Crippen LogP contribution in [-0.4, -0.2) is 43.4 Å². The Morgan fingerprint density at radius 3 is 2.16 bits per heavy atom. The Bertz CT molecular complexity index is 2320. The van der Waals surface area contributed by atoms with Gasteiger partial charge in [-0.05, 0) is 72.1 Å². The highest BCUT2D eigenvalue weighted by atomic mass is 35.5. The van der Waals surface area contributed by atoms with Crippen molar-refractivity contribution in [2.24, 2.45) is 0 Å². The fourth-order valence-corrected chi connectivity index (χ4v) is 6.93. The van der Waals surface area contributed by atoms with Crippen LogP contribution in [0.25, 0.3) is 11.4 Å². The number of nitrogens with zero attached hydrogens (tertiary/aromatic N) is 3. The van der Waals surface area contributed by atoms with E-state index < -0.39 is 17.6 Å². The van der Waals surface area contributed by atoms with Crippen LogP contribution in [0.4, 0.5) is 17.2 Å². The van der Waals surface area contributed by atoms with E-state index >= 15 is 0 Å². The van der Waals surface area contributed by atoms with E-state index in [-0.39, 0.29) is 60.5 Å². The molecule has 0 saturated carbocycles. The first-order chi connectivity index (χ1) is 26.4. The van der Waals surface area contributed by atoms with E-state index in [2.05, 4.69) is 79.8 Å². The zero-order valence-corrected chi connectivity index (χ0v) is 34.8. The van der Waals surface area contributed by atoms with Gasteiger partial charge in [-0.2, -0.15) is 5.10 Å². The molecule has 0 aliphatic carbocycles. The molecule has 0 aliphatic rings. The summed E-state index contributed by atoms with van der Waals surface area (Å²) in [6.07, 6.45) is 4.18. The lowest BCUT2D eigenvalue weighted by molar-refractivity contribution is -0.122. The highest BCUT2D eigenvalue weighted by Gasteiger charge is 2.29. The maximum absolute atomic E-state index is 13.9. The zero-order chi connectivity index (χ0) is 41.1. The van der Waals surface area contributed by atoms with Crippen LogP contribution in [-0.2, 0) is 20.4 Å². The van der Waals surface area contributed by atoms with E-state index in [0.717, 1.165) is 23.1 Å². The monoisotopic (exact) mass is 821 g/mol. The van der Waals surface area contributed by atoms with Gasteiger partial charge < -0.3 is 20.7 Å². The summed E-state index contributed by atoms with van der Waals surface area (Å²) in [5.74, 6) is -0.751. The molecule has 2 heterocycles. The Morgan fingerprint density at radius 2 is 1.54 bits per heavy atom. The van der Waals surface area contributed by atoms with E-state index in [0.29, 0.717) is 23.5 Å². The molecule has 2 aromatic heterocycles. The van der Waals surface area contributed by atoms with Crippen molar-refractivity contribution < 1.29 is 19.1 Å². The molecule has 0 saturated heterocycles. The average molecular weight is 823 g/mol. The molecule has 1 atom stereocenters. The van der Waals surface area contributed by atoms with Crippen LogP contribution in [0, 0.1) is 0 Å². The van der Waals surface area contributed by atoms with E-state index in [1.54, 1.807) is 18.2 Å². The molecular weight excluding hydrogens is 777 g/mol. The maximum atomic E-state index is 13.9. The van der Waals surface area contributed by atoms with Crippen molar-refractivity contribution >= 4 is 69.7 Å². The Kier molecular flexibility index (Phi) is 12.8. The van der Waals surface area contributed by atoms with Gasteiger partial charge in [-0.3, -0.25) is 24.3 Å². The topological polar surface area (TPSA) is 152 Å². The summed E-state index contributed by atoms with van der Waals surface area (Å²) in [6, 6.07) is 15.4. The lowest BCUT2D eigenvalue weighted by atomic mass is 9.76. The minimum absolute atomic E-state index is 0.0224. The van der Waals surface area contributed by atoms with Crippen LogP contribution >= 0.6 is 34.8 Å². The Morgan fingerprint density at radius 1 is 0.857 bits per heavy atom. The Labute approximate surface area is 340 Å². The minimum Gasteiger partial charge on any atom is -0.480 e. The predicted molar refractivity (Wildman–Crippen MR) is 224 cm³/mol. The zero-order valence-electron chi connectivity index (χ0n) is 32.6. The SMILES string of the molecule is CCC(Oc1ccc(C(C)(C)CC)cc1C(C)(C)CC)C(=O)Nc1cccc(C(=O)Nc2[nH]n(-c3c(Cl)cc(Cl)cc3Cl)c(=O)c2-n2cc(NC(C)=O)cn2)c1. The summed E-state index contributed by atoms with van der Waals surface area (Å²) in [4.78, 5) is 53.1. The number of anilines is 3. The van der Waals surface area contributed by atoms with Gasteiger partial charge >= 0.3 is 0 Å². The molecule has 0 spiro atoms. The molecule has 5 aromatic rings. The molecular formula is C41H46Cl3N7O5. The predicted octanol–water partition coefficient (Wildman–Crippen LogP) is 9.69. The third kappa shape index (κ3) is 9.15. The van der Waals surface area contributed by atoms with Gasteiger partial charge in [0.2, 0.25) is 5.91 Å². The van der Waals surface area contributed by atoms with Crippen molar-refractivity contribution in [1.82, 2.24) is 19.6 Å². The van der Waals surface area contributed by atoms with Gasteiger partial charge in [0.1, 0.15) is 11.4 Å². The number of carbonyl (C=O) groups excluding carboxylic acids is 3. The molecule has 3 aromatic carbocycles. The molecule has 0 fully saturated rings. The van der Waals surface area contributed by atoms with Crippen molar-refractivity contribution in [3.05, 3.63) is 109 Å². The first kappa shape index (κ1) is 42.1. The number of aromatic nitrogens is 4. The van der Waals surface area contributed by atoms with E-state index in [4.69, 9.17) is 39.5 Å². The summed E-state index contributed by atoms with van der Waals surface area (Å²) in [5.41, 5.74) is 2.16. The number of rotatable bonds is 14. The van der Waals surface area contributed by atoms with Crippen LogP contribution in [0.1, 0.15) is 96.1 Å².